The third kappa shape index (κ3) is 3.41. The van der Waals surface area contributed by atoms with Crippen molar-refractivity contribution in [2.45, 2.75) is 31.7 Å². The van der Waals surface area contributed by atoms with Crippen LogP contribution in [0.5, 0.6) is 0 Å². The second kappa shape index (κ2) is 6.41. The van der Waals surface area contributed by atoms with Gasteiger partial charge in [-0.3, -0.25) is 9.59 Å². The zero-order valence-corrected chi connectivity index (χ0v) is 12.2. The van der Waals surface area contributed by atoms with Gasteiger partial charge < -0.3 is 10.0 Å². The van der Waals surface area contributed by atoms with Gasteiger partial charge in [-0.2, -0.15) is 0 Å². The Bertz CT molecular complexity index is 530. The van der Waals surface area contributed by atoms with Crippen LogP contribution in [0.25, 0.3) is 0 Å². The molecule has 1 N–H and O–H groups in total. The molecule has 5 nitrogen and oxygen atoms in total. The van der Waals surface area contributed by atoms with E-state index >= 15 is 0 Å². The minimum atomic E-state index is -1.05. The maximum atomic E-state index is 12.5. The molecule has 2 rings (SSSR count). The summed E-state index contributed by atoms with van der Waals surface area (Å²) >= 11 is 11.7. The van der Waals surface area contributed by atoms with Crippen molar-refractivity contribution in [2.24, 2.45) is 0 Å². The molecule has 1 saturated carbocycles. The summed E-state index contributed by atoms with van der Waals surface area (Å²) in [6.07, 6.45) is 3.59. The van der Waals surface area contributed by atoms with Crippen LogP contribution in [0, 0.1) is 0 Å². The lowest BCUT2D eigenvalue weighted by Crippen LogP contribution is -2.42. The van der Waals surface area contributed by atoms with Crippen LogP contribution in [0.15, 0.2) is 12.1 Å². The Morgan fingerprint density at radius 2 is 1.95 bits per heavy atom. The molecular formula is C13H14Cl2N2O3. The number of carboxylic acid groups (broad SMARTS) is 1. The summed E-state index contributed by atoms with van der Waals surface area (Å²) in [5, 5.41) is 9.32. The first-order chi connectivity index (χ1) is 9.49. The molecule has 1 aliphatic rings. The fourth-order valence-corrected chi connectivity index (χ4v) is 2.77. The van der Waals surface area contributed by atoms with Crippen molar-refractivity contribution in [1.29, 1.82) is 0 Å². The van der Waals surface area contributed by atoms with Gasteiger partial charge in [-0.15, -0.1) is 0 Å². The van der Waals surface area contributed by atoms with Crippen LogP contribution in [0.3, 0.4) is 0 Å². The number of carboxylic acids is 1. The molecule has 1 aromatic heterocycles. The van der Waals surface area contributed by atoms with Gasteiger partial charge >= 0.3 is 5.97 Å². The lowest BCUT2D eigenvalue weighted by atomic mass is 10.2. The number of aromatic nitrogens is 1. The largest absolute Gasteiger partial charge is 0.480 e. The summed E-state index contributed by atoms with van der Waals surface area (Å²) < 4.78 is 0. The number of carbonyl (C=O) groups is 2. The SMILES string of the molecule is O=C(O)CN(C(=O)c1nc(Cl)ccc1Cl)C1CCCC1. The molecule has 0 radical (unpaired) electrons. The molecule has 0 unspecified atom stereocenters. The third-order valence-electron chi connectivity index (χ3n) is 3.35. The van der Waals surface area contributed by atoms with Crippen LogP contribution < -0.4 is 0 Å². The molecular weight excluding hydrogens is 303 g/mol. The molecule has 1 heterocycles. The van der Waals surface area contributed by atoms with Crippen LogP contribution >= 0.6 is 23.2 Å². The number of hydrogen-bond acceptors (Lipinski definition) is 3. The monoisotopic (exact) mass is 316 g/mol. The van der Waals surface area contributed by atoms with E-state index in [2.05, 4.69) is 4.98 Å². The number of aliphatic carboxylic acids is 1. The van der Waals surface area contributed by atoms with E-state index in [0.29, 0.717) is 0 Å². The normalized spacial score (nSPS) is 15.3. The second-order valence-electron chi connectivity index (χ2n) is 4.73. The van der Waals surface area contributed by atoms with Gasteiger partial charge in [0.1, 0.15) is 17.4 Å². The quantitative estimate of drug-likeness (QED) is 0.867. The van der Waals surface area contributed by atoms with Gasteiger partial charge in [-0.25, -0.2) is 4.98 Å². The molecule has 1 fully saturated rings. The molecule has 108 valence electrons. The zero-order chi connectivity index (χ0) is 14.7. The Kier molecular flexibility index (Phi) is 4.83. The smallest absolute Gasteiger partial charge is 0.323 e. The summed E-state index contributed by atoms with van der Waals surface area (Å²) in [5.74, 6) is -1.53. The van der Waals surface area contributed by atoms with Gasteiger partial charge in [0, 0.05) is 6.04 Å². The number of pyridine rings is 1. The molecule has 0 spiro atoms. The predicted molar refractivity (Wildman–Crippen MR) is 75.2 cm³/mol. The molecule has 0 atom stereocenters. The Morgan fingerprint density at radius 3 is 2.55 bits per heavy atom. The molecule has 1 aliphatic carbocycles. The van der Waals surface area contributed by atoms with E-state index < -0.39 is 11.9 Å². The van der Waals surface area contributed by atoms with E-state index in [1.165, 1.54) is 17.0 Å². The Morgan fingerprint density at radius 1 is 1.30 bits per heavy atom. The number of rotatable bonds is 4. The predicted octanol–water partition coefficient (Wildman–Crippen LogP) is 2.86. The number of hydrogen-bond donors (Lipinski definition) is 1. The summed E-state index contributed by atoms with van der Waals surface area (Å²) in [6, 6.07) is 2.89. The molecule has 0 aromatic carbocycles. The van der Waals surface area contributed by atoms with E-state index in [1.54, 1.807) is 0 Å². The average Bonchev–Trinajstić information content (AvgIpc) is 2.91. The summed E-state index contributed by atoms with van der Waals surface area (Å²) in [6.45, 7) is -0.353. The highest BCUT2D eigenvalue weighted by molar-refractivity contribution is 6.34. The van der Waals surface area contributed by atoms with E-state index in [9.17, 15) is 9.59 Å². The Labute approximate surface area is 126 Å². The highest BCUT2D eigenvalue weighted by atomic mass is 35.5. The Balaban J connectivity index is 2.29. The van der Waals surface area contributed by atoms with Crippen LogP contribution in [-0.2, 0) is 4.79 Å². The van der Waals surface area contributed by atoms with E-state index in [-0.39, 0.29) is 28.5 Å². The number of carbonyl (C=O) groups excluding carboxylic acids is 1. The summed E-state index contributed by atoms with van der Waals surface area (Å²) in [4.78, 5) is 28.7. The van der Waals surface area contributed by atoms with Crippen molar-refractivity contribution in [3.63, 3.8) is 0 Å². The second-order valence-corrected chi connectivity index (χ2v) is 5.52. The third-order valence-corrected chi connectivity index (χ3v) is 3.86. The molecule has 0 saturated heterocycles. The van der Waals surface area contributed by atoms with E-state index in [1.807, 2.05) is 0 Å². The first kappa shape index (κ1) is 15.1. The molecule has 20 heavy (non-hydrogen) atoms. The molecule has 7 heteroatoms. The minimum absolute atomic E-state index is 0.00677. The maximum absolute atomic E-state index is 12.5. The lowest BCUT2D eigenvalue weighted by Gasteiger charge is -2.27. The first-order valence-corrected chi connectivity index (χ1v) is 7.09. The van der Waals surface area contributed by atoms with Crippen LogP contribution in [0.1, 0.15) is 36.2 Å². The van der Waals surface area contributed by atoms with Crippen LogP contribution in [-0.4, -0.2) is 39.5 Å². The Hall–Kier alpha value is -1.33. The summed E-state index contributed by atoms with van der Waals surface area (Å²) in [7, 11) is 0. The van der Waals surface area contributed by atoms with Crippen molar-refractivity contribution in [3.8, 4) is 0 Å². The van der Waals surface area contributed by atoms with Gasteiger partial charge in [0.2, 0.25) is 0 Å². The van der Waals surface area contributed by atoms with Crippen molar-refractivity contribution >= 4 is 35.1 Å². The summed E-state index contributed by atoms with van der Waals surface area (Å²) in [5.41, 5.74) is 0.00677. The van der Waals surface area contributed by atoms with Crippen molar-refractivity contribution in [2.75, 3.05) is 6.54 Å². The van der Waals surface area contributed by atoms with Crippen molar-refractivity contribution in [3.05, 3.63) is 28.0 Å². The van der Waals surface area contributed by atoms with E-state index in [4.69, 9.17) is 28.3 Å². The first-order valence-electron chi connectivity index (χ1n) is 6.34. The zero-order valence-electron chi connectivity index (χ0n) is 10.7. The van der Waals surface area contributed by atoms with Gasteiger partial charge in [-0.1, -0.05) is 36.0 Å². The molecule has 1 aromatic rings. The maximum Gasteiger partial charge on any atom is 0.323 e. The minimum Gasteiger partial charge on any atom is -0.480 e. The van der Waals surface area contributed by atoms with Crippen molar-refractivity contribution < 1.29 is 14.7 Å². The van der Waals surface area contributed by atoms with Gasteiger partial charge in [0.25, 0.3) is 5.91 Å². The molecule has 0 aliphatic heterocycles. The standard InChI is InChI=1S/C13H14Cl2N2O3/c14-9-5-6-10(15)16-12(9)13(20)17(7-11(18)19)8-3-1-2-4-8/h5-6,8H,1-4,7H2,(H,18,19). The van der Waals surface area contributed by atoms with E-state index in [0.717, 1.165) is 25.7 Å². The van der Waals surface area contributed by atoms with Crippen LogP contribution in [0.2, 0.25) is 10.2 Å². The van der Waals surface area contributed by atoms with Gasteiger partial charge in [0.05, 0.1) is 5.02 Å². The number of amides is 1. The average molecular weight is 317 g/mol. The molecule has 0 bridgehead atoms. The lowest BCUT2D eigenvalue weighted by molar-refractivity contribution is -0.138. The number of nitrogens with zero attached hydrogens (tertiary/aromatic N) is 2. The van der Waals surface area contributed by atoms with Gasteiger partial charge in [-0.05, 0) is 25.0 Å². The topological polar surface area (TPSA) is 70.5 Å². The highest BCUT2D eigenvalue weighted by Gasteiger charge is 2.30. The highest BCUT2D eigenvalue weighted by Crippen LogP contribution is 2.26. The number of halogens is 2. The molecule has 1 amide bonds. The fourth-order valence-electron chi connectivity index (χ4n) is 2.43. The fraction of sp³-hybridized carbons (Fsp3) is 0.462. The van der Waals surface area contributed by atoms with Crippen LogP contribution in [0.4, 0.5) is 0 Å². The van der Waals surface area contributed by atoms with Crippen molar-refractivity contribution in [1.82, 2.24) is 9.88 Å². The van der Waals surface area contributed by atoms with Gasteiger partial charge in [0.15, 0.2) is 0 Å².